The molecule has 0 aromatic heterocycles. The molecule has 0 aromatic rings. The minimum absolute atomic E-state index is 0. The van der Waals surface area contributed by atoms with E-state index >= 15 is 0 Å². The lowest BCUT2D eigenvalue weighted by molar-refractivity contribution is 0.287. The van der Waals surface area contributed by atoms with E-state index < -0.39 is 0 Å². The lowest BCUT2D eigenvalue weighted by Crippen LogP contribution is -1.75. The second-order valence-electron chi connectivity index (χ2n) is 1.08. The van der Waals surface area contributed by atoms with Crippen molar-refractivity contribution in [3.8, 4) is 0 Å². The Bertz CT molecular complexity index is 11.4. The van der Waals surface area contributed by atoms with Crippen molar-refractivity contribution in [3.05, 3.63) is 7.43 Å². The van der Waals surface area contributed by atoms with Crippen LogP contribution >= 0.6 is 0 Å². The van der Waals surface area contributed by atoms with Gasteiger partial charge in [0.25, 0.3) is 0 Å². The van der Waals surface area contributed by atoms with Crippen molar-refractivity contribution in [1.82, 2.24) is 0 Å². The van der Waals surface area contributed by atoms with E-state index in [0.717, 1.165) is 12.8 Å². The summed E-state index contributed by atoms with van der Waals surface area (Å²) < 4.78 is 0. The summed E-state index contributed by atoms with van der Waals surface area (Å²) >= 11 is 0. The van der Waals surface area contributed by atoms with Crippen LogP contribution in [-0.4, -0.2) is 11.7 Å². The fraction of sp³-hybridized carbons (Fsp3) is 0.800. The zero-order valence-electron chi connectivity index (χ0n) is 4.57. The normalized spacial score (nSPS) is 7.00. The Morgan fingerprint density at radius 2 is 2.00 bits per heavy atom. The summed E-state index contributed by atoms with van der Waals surface area (Å²) in [5, 5.41) is 8.07. The molecule has 0 amide bonds. The predicted octanol–water partition coefficient (Wildman–Crippen LogP) is 1.23. The summed E-state index contributed by atoms with van der Waals surface area (Å²) in [5.74, 6) is 0. The maximum absolute atomic E-state index is 8.07. The van der Waals surface area contributed by atoms with Gasteiger partial charge in [0, 0.05) is 6.61 Å². The minimum Gasteiger partial charge on any atom is -0.396 e. The molecule has 0 bridgehead atoms. The van der Waals surface area contributed by atoms with Gasteiger partial charge in [0.15, 0.2) is 0 Å². The van der Waals surface area contributed by atoms with Gasteiger partial charge in [0.2, 0.25) is 0 Å². The molecule has 1 N–H and O–H groups in total. The van der Waals surface area contributed by atoms with Gasteiger partial charge in [-0.3, -0.25) is 0 Å². The van der Waals surface area contributed by atoms with Gasteiger partial charge in [-0.15, -0.1) is 0 Å². The zero-order chi connectivity index (χ0) is 4.12. The van der Waals surface area contributed by atoms with E-state index in [1.807, 2.05) is 0 Å². The average molecular weight is 89.2 g/mol. The van der Waals surface area contributed by atoms with E-state index in [1.54, 1.807) is 0 Å². The van der Waals surface area contributed by atoms with Crippen LogP contribution in [0, 0.1) is 7.43 Å². The molecule has 0 aliphatic rings. The molecule has 1 heteroatoms. The molecule has 1 radical (unpaired) electrons. The van der Waals surface area contributed by atoms with Gasteiger partial charge >= 0.3 is 0 Å². The molecule has 0 saturated carbocycles. The van der Waals surface area contributed by atoms with E-state index in [9.17, 15) is 0 Å². The van der Waals surface area contributed by atoms with Crippen LogP contribution in [0.4, 0.5) is 0 Å². The zero-order valence-corrected chi connectivity index (χ0v) is 4.57. The summed E-state index contributed by atoms with van der Waals surface area (Å²) in [4.78, 5) is 0. The molecular weight excluding hydrogens is 76.1 g/mol. The highest BCUT2D eigenvalue weighted by molar-refractivity contribution is 4.23. The first kappa shape index (κ1) is 9.35. The number of aliphatic hydroxyl groups is 1. The van der Waals surface area contributed by atoms with Crippen LogP contribution in [0.25, 0.3) is 0 Å². The highest BCUT2D eigenvalue weighted by Gasteiger charge is 1.69. The molecule has 1 nitrogen and oxygen atoms in total. The molecule has 0 heterocycles. The summed E-state index contributed by atoms with van der Waals surface area (Å²) in [6, 6.07) is 0. The van der Waals surface area contributed by atoms with Gasteiger partial charge < -0.3 is 5.11 Å². The van der Waals surface area contributed by atoms with E-state index in [-0.39, 0.29) is 7.43 Å². The summed E-state index contributed by atoms with van der Waals surface area (Å²) in [5.41, 5.74) is 0. The minimum atomic E-state index is 0. The Hall–Kier alpha value is -0.0400. The SMILES string of the molecule is CCCCO.[CH3]. The van der Waals surface area contributed by atoms with Crippen LogP contribution in [0.5, 0.6) is 0 Å². The number of hydrogen-bond acceptors (Lipinski definition) is 1. The third kappa shape index (κ3) is 9.03. The Kier molecular flexibility index (Phi) is 13.8. The van der Waals surface area contributed by atoms with Crippen molar-refractivity contribution in [1.29, 1.82) is 0 Å². The van der Waals surface area contributed by atoms with Crippen molar-refractivity contribution in [3.63, 3.8) is 0 Å². The van der Waals surface area contributed by atoms with Crippen LogP contribution in [0.15, 0.2) is 0 Å². The standard InChI is InChI=1S/C4H10O.CH3/c1-2-3-4-5;/h5H,2-4H2,1H3;1H3. The molecule has 0 saturated heterocycles. The van der Waals surface area contributed by atoms with Crippen LogP contribution in [0.3, 0.4) is 0 Å². The molecular formula is C5H13O. The van der Waals surface area contributed by atoms with Crippen LogP contribution < -0.4 is 0 Å². The summed E-state index contributed by atoms with van der Waals surface area (Å²) in [6.45, 7) is 2.40. The van der Waals surface area contributed by atoms with Crippen molar-refractivity contribution >= 4 is 0 Å². The molecule has 6 heavy (non-hydrogen) atoms. The Morgan fingerprint density at radius 1 is 1.50 bits per heavy atom. The number of rotatable bonds is 2. The first-order valence-electron chi connectivity index (χ1n) is 2.02. The first-order chi connectivity index (χ1) is 2.41. The highest BCUT2D eigenvalue weighted by Crippen LogP contribution is 1.78. The monoisotopic (exact) mass is 89.1 g/mol. The molecule has 0 aromatic carbocycles. The summed E-state index contributed by atoms with van der Waals surface area (Å²) in [6.07, 6.45) is 2.04. The lowest BCUT2D eigenvalue weighted by Gasteiger charge is -1.79. The van der Waals surface area contributed by atoms with Crippen molar-refractivity contribution in [2.24, 2.45) is 0 Å². The second kappa shape index (κ2) is 8.88. The van der Waals surface area contributed by atoms with Crippen molar-refractivity contribution in [2.45, 2.75) is 19.8 Å². The van der Waals surface area contributed by atoms with Gasteiger partial charge in [0.05, 0.1) is 0 Å². The Morgan fingerprint density at radius 3 is 2.00 bits per heavy atom. The molecule has 39 valence electrons. The average Bonchev–Trinajstić information content (AvgIpc) is 1.41. The maximum Gasteiger partial charge on any atom is 0.0430 e. The highest BCUT2D eigenvalue weighted by atomic mass is 16.2. The topological polar surface area (TPSA) is 20.2 Å². The number of aliphatic hydroxyl groups excluding tert-OH is 1. The smallest absolute Gasteiger partial charge is 0.0430 e. The van der Waals surface area contributed by atoms with E-state index in [0.29, 0.717) is 6.61 Å². The third-order valence-electron chi connectivity index (χ3n) is 0.512. The lowest BCUT2D eigenvalue weighted by atomic mass is 10.4. The number of unbranched alkanes of at least 4 members (excludes halogenated alkanes) is 1. The van der Waals surface area contributed by atoms with Crippen molar-refractivity contribution in [2.75, 3.05) is 6.61 Å². The van der Waals surface area contributed by atoms with Crippen LogP contribution in [-0.2, 0) is 0 Å². The van der Waals surface area contributed by atoms with Crippen molar-refractivity contribution < 1.29 is 5.11 Å². The molecule has 0 aliphatic heterocycles. The fourth-order valence-corrected chi connectivity index (χ4v) is 0.158. The molecule has 0 spiro atoms. The summed E-state index contributed by atoms with van der Waals surface area (Å²) in [7, 11) is 0. The molecule has 0 aliphatic carbocycles. The van der Waals surface area contributed by atoms with Gasteiger partial charge in [-0.2, -0.15) is 0 Å². The maximum atomic E-state index is 8.07. The van der Waals surface area contributed by atoms with E-state index in [4.69, 9.17) is 5.11 Å². The third-order valence-corrected chi connectivity index (χ3v) is 0.512. The van der Waals surface area contributed by atoms with Gasteiger partial charge in [-0.05, 0) is 6.42 Å². The van der Waals surface area contributed by atoms with E-state index in [2.05, 4.69) is 6.92 Å². The largest absolute Gasteiger partial charge is 0.396 e. The first-order valence-corrected chi connectivity index (χ1v) is 2.02. The van der Waals surface area contributed by atoms with Crippen LogP contribution in [0.2, 0.25) is 0 Å². The Labute approximate surface area is 40.0 Å². The second-order valence-corrected chi connectivity index (χ2v) is 1.08. The molecule has 0 atom stereocenters. The molecule has 0 rings (SSSR count). The van der Waals surface area contributed by atoms with Gasteiger partial charge in [-0.1, -0.05) is 20.8 Å². The fourth-order valence-electron chi connectivity index (χ4n) is 0.158. The quantitative estimate of drug-likeness (QED) is 0.539. The van der Waals surface area contributed by atoms with Gasteiger partial charge in [0.1, 0.15) is 0 Å². The predicted molar refractivity (Wildman–Crippen MR) is 28.4 cm³/mol. The molecule has 0 unspecified atom stereocenters. The van der Waals surface area contributed by atoms with Crippen LogP contribution in [0.1, 0.15) is 19.8 Å². The van der Waals surface area contributed by atoms with E-state index in [1.165, 1.54) is 0 Å². The molecule has 0 fully saturated rings. The Balaban J connectivity index is 0. The van der Waals surface area contributed by atoms with Gasteiger partial charge in [-0.25, -0.2) is 0 Å². The number of hydrogen-bond donors (Lipinski definition) is 1.